The molecular weight excluding hydrogens is 470 g/mol. The summed E-state index contributed by atoms with van der Waals surface area (Å²) in [5.41, 5.74) is 0.878. The van der Waals surface area contributed by atoms with E-state index in [1.807, 2.05) is 24.5 Å². The number of thioether (sulfide) groups is 1. The van der Waals surface area contributed by atoms with Gasteiger partial charge in [-0.05, 0) is 43.4 Å². The van der Waals surface area contributed by atoms with Crippen LogP contribution in [-0.4, -0.2) is 43.0 Å². The van der Waals surface area contributed by atoms with Gasteiger partial charge in [-0.15, -0.1) is 23.1 Å². The molecule has 1 aliphatic rings. The third-order valence-electron chi connectivity index (χ3n) is 4.73. The summed E-state index contributed by atoms with van der Waals surface area (Å²) in [6.07, 6.45) is 3.26. The van der Waals surface area contributed by atoms with E-state index in [4.69, 9.17) is 11.6 Å². The Morgan fingerprint density at radius 1 is 1.31 bits per heavy atom. The number of aromatic nitrogens is 1. The minimum atomic E-state index is -3.64. The molecule has 3 aromatic rings. The maximum absolute atomic E-state index is 12.8. The van der Waals surface area contributed by atoms with E-state index in [0.29, 0.717) is 28.9 Å². The minimum absolute atomic E-state index is 0.157. The van der Waals surface area contributed by atoms with Crippen LogP contribution in [0.3, 0.4) is 0 Å². The average Bonchev–Trinajstić information content (AvgIpc) is 3.33. The summed E-state index contributed by atoms with van der Waals surface area (Å²) < 4.78 is 28.7. The zero-order valence-corrected chi connectivity index (χ0v) is 19.4. The molecule has 0 radical (unpaired) electrons. The van der Waals surface area contributed by atoms with Crippen LogP contribution in [0.15, 0.2) is 39.4 Å². The molecular formula is C18H18ClN3O3S4. The van der Waals surface area contributed by atoms with Crippen molar-refractivity contribution in [3.63, 3.8) is 0 Å². The van der Waals surface area contributed by atoms with Crippen LogP contribution >= 0.6 is 46.0 Å². The van der Waals surface area contributed by atoms with Gasteiger partial charge in [-0.2, -0.15) is 4.31 Å². The van der Waals surface area contributed by atoms with Crippen molar-refractivity contribution in [3.8, 4) is 0 Å². The highest BCUT2D eigenvalue weighted by Crippen LogP contribution is 2.34. The molecule has 1 atom stereocenters. The third-order valence-corrected chi connectivity index (χ3v) is 10.00. The van der Waals surface area contributed by atoms with Crippen molar-refractivity contribution in [1.29, 1.82) is 0 Å². The summed E-state index contributed by atoms with van der Waals surface area (Å²) in [5, 5.41) is 3.43. The van der Waals surface area contributed by atoms with Crippen molar-refractivity contribution in [2.75, 3.05) is 24.7 Å². The van der Waals surface area contributed by atoms with Gasteiger partial charge in [0.2, 0.25) is 5.91 Å². The van der Waals surface area contributed by atoms with Crippen LogP contribution in [0.1, 0.15) is 12.8 Å². The molecule has 3 heterocycles. The van der Waals surface area contributed by atoms with E-state index in [-0.39, 0.29) is 16.7 Å². The van der Waals surface area contributed by atoms with Crippen molar-refractivity contribution < 1.29 is 13.2 Å². The number of piperidine rings is 1. The molecule has 0 spiro atoms. The Kier molecular flexibility index (Phi) is 6.19. The highest BCUT2D eigenvalue weighted by atomic mass is 35.5. The van der Waals surface area contributed by atoms with Gasteiger partial charge in [-0.1, -0.05) is 29.0 Å². The van der Waals surface area contributed by atoms with Crippen molar-refractivity contribution in [2.24, 2.45) is 5.92 Å². The van der Waals surface area contributed by atoms with Crippen LogP contribution < -0.4 is 5.32 Å². The molecule has 154 valence electrons. The van der Waals surface area contributed by atoms with Gasteiger partial charge in [0.15, 0.2) is 5.13 Å². The SMILES string of the molecule is CSc1cccc2sc(NC(=O)C3CCCN(S(=O)(=O)c4ccc(Cl)s4)C3)nc12. The molecule has 1 saturated heterocycles. The summed E-state index contributed by atoms with van der Waals surface area (Å²) in [5.74, 6) is -0.611. The molecule has 11 heteroatoms. The van der Waals surface area contributed by atoms with Crippen LogP contribution in [0.25, 0.3) is 10.2 Å². The number of thiazole rings is 1. The number of benzene rings is 1. The molecule has 1 amide bonds. The number of rotatable bonds is 5. The number of nitrogens with zero attached hydrogens (tertiary/aromatic N) is 2. The van der Waals surface area contributed by atoms with E-state index in [0.717, 1.165) is 26.4 Å². The van der Waals surface area contributed by atoms with E-state index >= 15 is 0 Å². The largest absolute Gasteiger partial charge is 0.302 e. The van der Waals surface area contributed by atoms with E-state index in [2.05, 4.69) is 10.3 Å². The summed E-state index contributed by atoms with van der Waals surface area (Å²) in [6, 6.07) is 9.03. The number of fused-ring (bicyclic) bond motifs is 1. The number of hydrogen-bond donors (Lipinski definition) is 1. The number of halogens is 1. The quantitative estimate of drug-likeness (QED) is 0.524. The van der Waals surface area contributed by atoms with Crippen LogP contribution in [0.2, 0.25) is 4.34 Å². The zero-order chi connectivity index (χ0) is 20.6. The Morgan fingerprint density at radius 2 is 2.14 bits per heavy atom. The second-order valence-electron chi connectivity index (χ2n) is 6.58. The normalized spacial score (nSPS) is 18.2. The lowest BCUT2D eigenvalue weighted by Crippen LogP contribution is -2.43. The van der Waals surface area contributed by atoms with Gasteiger partial charge >= 0.3 is 0 Å². The lowest BCUT2D eigenvalue weighted by atomic mass is 9.99. The van der Waals surface area contributed by atoms with Gasteiger partial charge in [0.25, 0.3) is 10.0 Å². The van der Waals surface area contributed by atoms with Gasteiger partial charge in [-0.3, -0.25) is 4.79 Å². The molecule has 4 rings (SSSR count). The second-order valence-corrected chi connectivity index (χ2v) is 12.3. The van der Waals surface area contributed by atoms with Gasteiger partial charge in [0.05, 0.1) is 20.5 Å². The topological polar surface area (TPSA) is 79.4 Å². The molecule has 1 unspecified atom stereocenters. The number of nitrogens with one attached hydrogen (secondary N) is 1. The van der Waals surface area contributed by atoms with Gasteiger partial charge < -0.3 is 5.32 Å². The molecule has 2 aromatic heterocycles. The smallest absolute Gasteiger partial charge is 0.252 e. The van der Waals surface area contributed by atoms with Crippen LogP contribution in [-0.2, 0) is 14.8 Å². The van der Waals surface area contributed by atoms with Gasteiger partial charge in [0, 0.05) is 18.0 Å². The Morgan fingerprint density at radius 3 is 2.86 bits per heavy atom. The summed E-state index contributed by atoms with van der Waals surface area (Å²) in [6.45, 7) is 0.560. The fourth-order valence-electron chi connectivity index (χ4n) is 3.29. The van der Waals surface area contributed by atoms with Crippen molar-refractivity contribution in [3.05, 3.63) is 34.7 Å². The first kappa shape index (κ1) is 21.1. The molecule has 0 saturated carbocycles. The minimum Gasteiger partial charge on any atom is -0.302 e. The molecule has 1 aliphatic heterocycles. The molecule has 1 aromatic carbocycles. The van der Waals surface area contributed by atoms with Gasteiger partial charge in [0.1, 0.15) is 4.21 Å². The van der Waals surface area contributed by atoms with Gasteiger partial charge in [-0.25, -0.2) is 13.4 Å². The van der Waals surface area contributed by atoms with Crippen LogP contribution in [0.4, 0.5) is 5.13 Å². The predicted octanol–water partition coefficient (Wildman–Crippen LogP) is 4.77. The van der Waals surface area contributed by atoms with Crippen molar-refractivity contribution in [1.82, 2.24) is 9.29 Å². The fraction of sp³-hybridized carbons (Fsp3) is 0.333. The number of para-hydroxylation sites is 1. The maximum Gasteiger partial charge on any atom is 0.252 e. The molecule has 6 nitrogen and oxygen atoms in total. The Hall–Kier alpha value is -1.17. The summed E-state index contributed by atoms with van der Waals surface area (Å²) in [4.78, 5) is 18.4. The van der Waals surface area contributed by atoms with Crippen LogP contribution in [0.5, 0.6) is 0 Å². The third kappa shape index (κ3) is 4.33. The molecule has 0 aliphatic carbocycles. The van der Waals surface area contributed by atoms with Crippen LogP contribution in [0, 0.1) is 5.92 Å². The average molecular weight is 488 g/mol. The highest BCUT2D eigenvalue weighted by Gasteiger charge is 2.34. The summed E-state index contributed by atoms with van der Waals surface area (Å²) in [7, 11) is -3.64. The number of anilines is 1. The number of sulfonamides is 1. The Balaban J connectivity index is 1.49. The summed E-state index contributed by atoms with van der Waals surface area (Å²) >= 11 is 9.96. The molecule has 1 fully saturated rings. The van der Waals surface area contributed by atoms with E-state index in [1.165, 1.54) is 21.7 Å². The maximum atomic E-state index is 12.8. The monoisotopic (exact) mass is 487 g/mol. The fourth-order valence-corrected chi connectivity index (χ4v) is 7.97. The number of amides is 1. The lowest BCUT2D eigenvalue weighted by molar-refractivity contribution is -0.120. The Labute approximate surface area is 186 Å². The first-order chi connectivity index (χ1) is 13.9. The number of hydrogen-bond acceptors (Lipinski definition) is 7. The lowest BCUT2D eigenvalue weighted by Gasteiger charge is -2.30. The second kappa shape index (κ2) is 8.52. The highest BCUT2D eigenvalue weighted by molar-refractivity contribution is 7.98. The van der Waals surface area contributed by atoms with Crippen molar-refractivity contribution in [2.45, 2.75) is 21.9 Å². The predicted molar refractivity (Wildman–Crippen MR) is 121 cm³/mol. The first-order valence-electron chi connectivity index (χ1n) is 8.88. The van der Waals surface area contributed by atoms with E-state index in [9.17, 15) is 13.2 Å². The molecule has 0 bridgehead atoms. The Bertz CT molecular complexity index is 1160. The first-order valence-corrected chi connectivity index (χ1v) is 13.6. The van der Waals surface area contributed by atoms with Crippen molar-refractivity contribution >= 4 is 77.3 Å². The van der Waals surface area contributed by atoms with E-state index in [1.54, 1.807) is 17.8 Å². The number of carbonyl (C=O) groups is 1. The number of thiophene rings is 1. The molecule has 1 N–H and O–H groups in total. The van der Waals surface area contributed by atoms with E-state index < -0.39 is 15.9 Å². The number of carbonyl (C=O) groups excluding carboxylic acids is 1. The standard InChI is InChI=1S/C18H18ClN3O3S4/c1-26-12-5-2-6-13-16(12)20-18(27-13)21-17(23)11-4-3-9-22(10-11)29(24,25)15-8-7-14(19)28-15/h2,5-8,11H,3-4,9-10H2,1H3,(H,20,21,23). The zero-order valence-electron chi connectivity index (χ0n) is 15.4. The molecule has 29 heavy (non-hydrogen) atoms.